The van der Waals surface area contributed by atoms with Crippen LogP contribution in [0.15, 0.2) is 0 Å². The minimum atomic E-state index is -0.211. The predicted octanol–water partition coefficient (Wildman–Crippen LogP) is 2.10. The lowest BCUT2D eigenvalue weighted by Gasteiger charge is -1.89. The molecular formula is C11H29NO4. The van der Waals surface area contributed by atoms with Crippen LogP contribution in [0, 0.1) is 0 Å². The van der Waals surface area contributed by atoms with Crippen LogP contribution in [-0.2, 0) is 9.53 Å². The maximum Gasteiger partial charge on any atom is 0.302 e. The normalized spacial score (nSPS) is 7.00. The van der Waals surface area contributed by atoms with Gasteiger partial charge in [0.1, 0.15) is 0 Å². The molecule has 0 heterocycles. The van der Waals surface area contributed by atoms with Gasteiger partial charge < -0.3 is 15.1 Å². The first-order valence-corrected chi connectivity index (χ1v) is 5.52. The molecule has 0 amide bonds. The summed E-state index contributed by atoms with van der Waals surface area (Å²) in [6.45, 7) is 8.12. The van der Waals surface area contributed by atoms with Crippen molar-refractivity contribution in [1.29, 1.82) is 0 Å². The molecule has 0 rings (SSSR count). The molecule has 0 bridgehead atoms. The molecule has 0 saturated carbocycles. The minimum absolute atomic E-state index is 0.211. The van der Waals surface area contributed by atoms with Crippen LogP contribution in [0.2, 0.25) is 0 Å². The third-order valence-corrected chi connectivity index (χ3v) is 1.30. The number of carbonyl (C=O) groups is 1. The predicted molar refractivity (Wildman–Crippen MR) is 66.2 cm³/mol. The summed E-state index contributed by atoms with van der Waals surface area (Å²) in [5.74, 6) is 3.29. The molecule has 0 fully saturated rings. The van der Waals surface area contributed by atoms with Gasteiger partial charge in [0, 0.05) is 14.0 Å². The molecular weight excluding hydrogens is 210 g/mol. The van der Waals surface area contributed by atoms with E-state index in [1.165, 1.54) is 32.6 Å². The highest BCUT2D eigenvalue weighted by Crippen LogP contribution is 1.95. The van der Waals surface area contributed by atoms with E-state index in [1.807, 2.05) is 0 Å². The summed E-state index contributed by atoms with van der Waals surface area (Å²) in [7, 11) is 1.00. The maximum absolute atomic E-state index is 9.82. The van der Waals surface area contributed by atoms with Gasteiger partial charge in [-0.15, -0.1) is 0 Å². The molecule has 102 valence electrons. The third kappa shape index (κ3) is 71.1. The second-order valence-electron chi connectivity index (χ2n) is 2.63. The van der Waals surface area contributed by atoms with Gasteiger partial charge in [-0.2, -0.15) is 0 Å². The lowest BCUT2D eigenvalue weighted by molar-refractivity contribution is -0.140. The average molecular weight is 239 g/mol. The van der Waals surface area contributed by atoms with E-state index in [0.29, 0.717) is 6.61 Å². The molecule has 0 aliphatic carbocycles. The van der Waals surface area contributed by atoms with Gasteiger partial charge in [-0.3, -0.25) is 4.79 Å². The van der Waals surface area contributed by atoms with Gasteiger partial charge in [0.2, 0.25) is 0 Å². The first-order valence-electron chi connectivity index (χ1n) is 5.52. The first-order chi connectivity index (χ1) is 7.68. The van der Waals surface area contributed by atoms with Crippen molar-refractivity contribution in [3.63, 3.8) is 0 Å². The van der Waals surface area contributed by atoms with Crippen LogP contribution in [0.4, 0.5) is 0 Å². The molecule has 0 aromatic carbocycles. The van der Waals surface area contributed by atoms with Crippen LogP contribution in [0.25, 0.3) is 0 Å². The number of aliphatic hydroxyl groups excluding tert-OH is 1. The Bertz CT molecular complexity index is 96.0. The number of nitrogens with two attached hydrogens (primary N) is 1. The van der Waals surface area contributed by atoms with Crippen LogP contribution in [0.1, 0.15) is 53.4 Å². The van der Waals surface area contributed by atoms with E-state index in [2.05, 4.69) is 24.5 Å². The van der Waals surface area contributed by atoms with Crippen molar-refractivity contribution in [2.45, 2.75) is 53.4 Å². The second kappa shape index (κ2) is 36.7. The quantitative estimate of drug-likeness (QED) is 0.397. The third-order valence-electron chi connectivity index (χ3n) is 1.30. The molecule has 0 aliphatic rings. The van der Waals surface area contributed by atoms with Crippen molar-refractivity contribution in [2.24, 2.45) is 5.90 Å². The Kier molecular flexibility index (Phi) is 56.3. The van der Waals surface area contributed by atoms with Crippen LogP contribution in [-0.4, -0.2) is 30.0 Å². The molecule has 5 heteroatoms. The molecule has 0 atom stereocenters. The fourth-order valence-electron chi connectivity index (χ4n) is 0.703. The van der Waals surface area contributed by atoms with E-state index in [1.54, 1.807) is 6.92 Å². The summed E-state index contributed by atoms with van der Waals surface area (Å²) in [5, 5.41) is 13.5. The lowest BCUT2D eigenvalue weighted by Crippen LogP contribution is -1.95. The van der Waals surface area contributed by atoms with Crippen molar-refractivity contribution < 1.29 is 19.8 Å². The fourth-order valence-corrected chi connectivity index (χ4v) is 0.703. The summed E-state index contributed by atoms with van der Waals surface area (Å²) < 4.78 is 4.40. The van der Waals surface area contributed by atoms with Crippen molar-refractivity contribution >= 4 is 5.97 Å². The van der Waals surface area contributed by atoms with Crippen LogP contribution < -0.4 is 5.90 Å². The number of ether oxygens (including phenoxy) is 1. The Hall–Kier alpha value is -0.650. The monoisotopic (exact) mass is 239 g/mol. The number of rotatable bonds is 4. The molecule has 0 saturated heterocycles. The van der Waals surface area contributed by atoms with Crippen molar-refractivity contribution in [2.75, 3.05) is 13.7 Å². The highest BCUT2D eigenvalue weighted by Gasteiger charge is 1.81. The zero-order valence-electron chi connectivity index (χ0n) is 11.3. The Labute approximate surface area is 99.6 Å². The summed E-state index contributed by atoms with van der Waals surface area (Å²) in [4.78, 5) is 9.82. The zero-order valence-corrected chi connectivity index (χ0v) is 11.3. The van der Waals surface area contributed by atoms with Crippen molar-refractivity contribution in [3.05, 3.63) is 0 Å². The molecule has 0 spiro atoms. The van der Waals surface area contributed by atoms with Crippen LogP contribution >= 0.6 is 0 Å². The largest absolute Gasteiger partial charge is 0.466 e. The van der Waals surface area contributed by atoms with Gasteiger partial charge in [0.15, 0.2) is 0 Å². The highest BCUT2D eigenvalue weighted by atomic mass is 16.5. The van der Waals surface area contributed by atoms with E-state index >= 15 is 0 Å². The SMILES string of the molecule is CCCCCC.CCOC(C)=O.CO.NO. The van der Waals surface area contributed by atoms with Crippen LogP contribution in [0.3, 0.4) is 0 Å². The van der Waals surface area contributed by atoms with Gasteiger partial charge >= 0.3 is 5.97 Å². The van der Waals surface area contributed by atoms with E-state index in [-0.39, 0.29) is 5.97 Å². The number of unbranched alkanes of at least 4 members (excludes halogenated alkanes) is 3. The molecule has 0 radical (unpaired) electrons. The molecule has 16 heavy (non-hydrogen) atoms. The van der Waals surface area contributed by atoms with Gasteiger partial charge in [-0.1, -0.05) is 39.5 Å². The number of aliphatic hydroxyl groups is 1. The Morgan fingerprint density at radius 3 is 1.44 bits per heavy atom. The van der Waals surface area contributed by atoms with Gasteiger partial charge in [0.25, 0.3) is 0 Å². The van der Waals surface area contributed by atoms with E-state index in [4.69, 9.17) is 10.3 Å². The zero-order chi connectivity index (χ0) is 13.8. The topological polar surface area (TPSA) is 92.8 Å². The van der Waals surface area contributed by atoms with E-state index in [0.717, 1.165) is 7.11 Å². The Balaban J connectivity index is -0.0000000686. The number of esters is 1. The minimum Gasteiger partial charge on any atom is -0.466 e. The van der Waals surface area contributed by atoms with Crippen LogP contribution in [0.5, 0.6) is 0 Å². The van der Waals surface area contributed by atoms with Crippen molar-refractivity contribution in [1.82, 2.24) is 0 Å². The van der Waals surface area contributed by atoms with Gasteiger partial charge in [-0.25, -0.2) is 5.90 Å². The summed E-state index contributed by atoms with van der Waals surface area (Å²) in [6, 6.07) is 0. The molecule has 4 N–H and O–H groups in total. The molecule has 5 nitrogen and oxygen atoms in total. The second-order valence-corrected chi connectivity index (χ2v) is 2.63. The van der Waals surface area contributed by atoms with E-state index < -0.39 is 0 Å². The molecule has 0 aliphatic heterocycles. The Morgan fingerprint density at radius 2 is 1.38 bits per heavy atom. The number of hydrogen-bond donors (Lipinski definition) is 3. The Morgan fingerprint density at radius 1 is 1.06 bits per heavy atom. The average Bonchev–Trinajstić information content (AvgIpc) is 2.32. The summed E-state index contributed by atoms with van der Waals surface area (Å²) in [5.41, 5.74) is 0. The maximum atomic E-state index is 9.82. The van der Waals surface area contributed by atoms with E-state index in [9.17, 15) is 4.79 Å². The molecule has 0 aromatic heterocycles. The smallest absolute Gasteiger partial charge is 0.302 e. The molecule has 0 aromatic rings. The standard InChI is InChI=1S/C6H14.C4H8O2.CH4O.H3NO/c1-3-5-6-4-2;1-3-6-4(2)5;2*1-2/h3-6H2,1-2H3;3H2,1-2H3;2H,1H3;2H,1H2. The fraction of sp³-hybridized carbons (Fsp3) is 0.909. The first kappa shape index (κ1) is 24.5. The molecule has 0 unspecified atom stereocenters. The number of hydrogen-bond acceptors (Lipinski definition) is 5. The lowest BCUT2D eigenvalue weighted by atomic mass is 10.2. The summed E-state index contributed by atoms with van der Waals surface area (Å²) >= 11 is 0. The highest BCUT2D eigenvalue weighted by molar-refractivity contribution is 5.65. The van der Waals surface area contributed by atoms with Gasteiger partial charge in [-0.05, 0) is 6.92 Å². The van der Waals surface area contributed by atoms with Gasteiger partial charge in [0.05, 0.1) is 6.61 Å². The number of carbonyl (C=O) groups excluding carboxylic acids is 1. The summed E-state index contributed by atoms with van der Waals surface area (Å²) in [6.07, 6.45) is 5.54. The van der Waals surface area contributed by atoms with Crippen molar-refractivity contribution in [3.8, 4) is 0 Å².